The molecule has 0 unspecified atom stereocenters. The van der Waals surface area contributed by atoms with Crippen LogP contribution in [0.15, 0.2) is 24.3 Å². The van der Waals surface area contributed by atoms with Gasteiger partial charge in [0.2, 0.25) is 5.91 Å². The van der Waals surface area contributed by atoms with E-state index in [0.717, 1.165) is 18.8 Å². The van der Waals surface area contributed by atoms with Crippen LogP contribution in [0.3, 0.4) is 0 Å². The standard InChI is InChI=1S/C17H24N2O3/c1-13(12-18-14(2)20)22-17(21)15-6-8-16(9-7-15)19-10-4-3-5-11-19/h6-9,13H,3-5,10-12H2,1-2H3,(H,18,20)/t13-/m0/s1. The molecule has 2 rings (SSSR count). The van der Waals surface area contributed by atoms with E-state index in [1.54, 1.807) is 19.1 Å². The van der Waals surface area contributed by atoms with Gasteiger partial charge in [0.05, 0.1) is 12.1 Å². The average molecular weight is 304 g/mol. The highest BCUT2D eigenvalue weighted by Gasteiger charge is 2.14. The number of anilines is 1. The molecule has 5 nitrogen and oxygen atoms in total. The Morgan fingerprint density at radius 1 is 1.18 bits per heavy atom. The molecule has 1 aromatic rings. The lowest BCUT2D eigenvalue weighted by Gasteiger charge is -2.28. The summed E-state index contributed by atoms with van der Waals surface area (Å²) in [5.74, 6) is -0.489. The maximum Gasteiger partial charge on any atom is 0.338 e. The van der Waals surface area contributed by atoms with Gasteiger partial charge in [-0.2, -0.15) is 0 Å². The molecule has 0 bridgehead atoms. The third-order valence-electron chi connectivity index (χ3n) is 3.77. The minimum atomic E-state index is -0.358. The van der Waals surface area contributed by atoms with E-state index < -0.39 is 0 Å². The Balaban J connectivity index is 1.89. The molecule has 1 aliphatic rings. The first-order valence-electron chi connectivity index (χ1n) is 7.86. The van der Waals surface area contributed by atoms with Gasteiger partial charge in [-0.25, -0.2) is 4.79 Å². The summed E-state index contributed by atoms with van der Waals surface area (Å²) in [6.45, 7) is 5.69. The molecule has 0 spiro atoms. The summed E-state index contributed by atoms with van der Waals surface area (Å²) in [5, 5.41) is 2.63. The Morgan fingerprint density at radius 2 is 1.82 bits per heavy atom. The molecule has 0 radical (unpaired) electrons. The van der Waals surface area contributed by atoms with E-state index in [-0.39, 0.29) is 18.0 Å². The Labute approximate surface area is 131 Å². The molecule has 1 aliphatic heterocycles. The van der Waals surface area contributed by atoms with Crippen LogP contribution in [0.4, 0.5) is 5.69 Å². The van der Waals surface area contributed by atoms with Crippen LogP contribution in [0.2, 0.25) is 0 Å². The fourth-order valence-electron chi connectivity index (χ4n) is 2.54. The van der Waals surface area contributed by atoms with E-state index in [1.807, 2.05) is 12.1 Å². The van der Waals surface area contributed by atoms with Crippen molar-refractivity contribution in [2.24, 2.45) is 0 Å². The van der Waals surface area contributed by atoms with Crippen LogP contribution in [0.1, 0.15) is 43.5 Å². The minimum Gasteiger partial charge on any atom is -0.457 e. The van der Waals surface area contributed by atoms with Crippen molar-refractivity contribution in [3.63, 3.8) is 0 Å². The highest BCUT2D eigenvalue weighted by atomic mass is 16.5. The fraction of sp³-hybridized carbons (Fsp3) is 0.529. The number of nitrogens with zero attached hydrogens (tertiary/aromatic N) is 1. The van der Waals surface area contributed by atoms with Gasteiger partial charge in [0.1, 0.15) is 6.10 Å². The van der Waals surface area contributed by atoms with Gasteiger partial charge in [-0.05, 0) is 50.5 Å². The Bertz CT molecular complexity index is 507. The lowest BCUT2D eigenvalue weighted by molar-refractivity contribution is -0.119. The lowest BCUT2D eigenvalue weighted by Crippen LogP contribution is -2.31. The van der Waals surface area contributed by atoms with E-state index in [4.69, 9.17) is 4.74 Å². The largest absolute Gasteiger partial charge is 0.457 e. The molecule has 1 saturated heterocycles. The first-order chi connectivity index (χ1) is 10.6. The zero-order chi connectivity index (χ0) is 15.9. The molecule has 0 aromatic heterocycles. The number of esters is 1. The molecule has 1 fully saturated rings. The number of piperidine rings is 1. The molecule has 5 heteroatoms. The van der Waals surface area contributed by atoms with Crippen LogP contribution in [0, 0.1) is 0 Å². The predicted molar refractivity (Wildman–Crippen MR) is 86.1 cm³/mol. The average Bonchev–Trinajstić information content (AvgIpc) is 2.54. The van der Waals surface area contributed by atoms with Crippen LogP contribution in [0.25, 0.3) is 0 Å². The van der Waals surface area contributed by atoms with Crippen molar-refractivity contribution in [2.75, 3.05) is 24.5 Å². The van der Waals surface area contributed by atoms with Crippen LogP contribution < -0.4 is 10.2 Å². The number of ether oxygens (including phenoxy) is 1. The number of carbonyl (C=O) groups excluding carboxylic acids is 2. The molecule has 1 heterocycles. The topological polar surface area (TPSA) is 58.6 Å². The van der Waals surface area contributed by atoms with Crippen molar-refractivity contribution in [3.05, 3.63) is 29.8 Å². The zero-order valence-electron chi connectivity index (χ0n) is 13.3. The number of hydrogen-bond acceptors (Lipinski definition) is 4. The third-order valence-corrected chi connectivity index (χ3v) is 3.77. The van der Waals surface area contributed by atoms with E-state index in [1.165, 1.54) is 26.2 Å². The summed E-state index contributed by atoms with van der Waals surface area (Å²) < 4.78 is 5.30. The number of hydrogen-bond donors (Lipinski definition) is 1. The first kappa shape index (κ1) is 16.3. The van der Waals surface area contributed by atoms with E-state index in [0.29, 0.717) is 12.1 Å². The molecular weight excluding hydrogens is 280 g/mol. The van der Waals surface area contributed by atoms with Gasteiger partial charge in [-0.15, -0.1) is 0 Å². The van der Waals surface area contributed by atoms with Crippen molar-refractivity contribution in [3.8, 4) is 0 Å². The summed E-state index contributed by atoms with van der Waals surface area (Å²) >= 11 is 0. The number of carbonyl (C=O) groups is 2. The van der Waals surface area contributed by atoms with Gasteiger partial charge in [-0.1, -0.05) is 0 Å². The van der Waals surface area contributed by atoms with Crippen molar-refractivity contribution in [2.45, 2.75) is 39.2 Å². The Morgan fingerprint density at radius 3 is 2.41 bits per heavy atom. The summed E-state index contributed by atoms with van der Waals surface area (Å²) in [6.07, 6.45) is 3.40. The second kappa shape index (κ2) is 7.82. The van der Waals surface area contributed by atoms with Gasteiger partial charge < -0.3 is 15.0 Å². The van der Waals surface area contributed by atoms with Gasteiger partial charge in [-0.3, -0.25) is 4.79 Å². The summed E-state index contributed by atoms with van der Waals surface area (Å²) in [5.41, 5.74) is 1.69. The van der Waals surface area contributed by atoms with Crippen LogP contribution in [-0.2, 0) is 9.53 Å². The van der Waals surface area contributed by atoms with Gasteiger partial charge in [0, 0.05) is 25.7 Å². The molecule has 120 valence electrons. The maximum absolute atomic E-state index is 12.0. The van der Waals surface area contributed by atoms with Crippen molar-refractivity contribution in [1.82, 2.24) is 5.32 Å². The summed E-state index contributed by atoms with van der Waals surface area (Å²) in [6, 6.07) is 7.55. The number of nitrogens with one attached hydrogen (secondary N) is 1. The first-order valence-corrected chi connectivity index (χ1v) is 7.86. The smallest absolute Gasteiger partial charge is 0.338 e. The highest BCUT2D eigenvalue weighted by Crippen LogP contribution is 2.20. The molecule has 1 aromatic carbocycles. The molecule has 0 saturated carbocycles. The number of benzene rings is 1. The maximum atomic E-state index is 12.0. The Hall–Kier alpha value is -2.04. The highest BCUT2D eigenvalue weighted by molar-refractivity contribution is 5.90. The van der Waals surface area contributed by atoms with E-state index in [9.17, 15) is 9.59 Å². The lowest BCUT2D eigenvalue weighted by atomic mass is 10.1. The zero-order valence-corrected chi connectivity index (χ0v) is 13.3. The number of rotatable bonds is 5. The second-order valence-corrected chi connectivity index (χ2v) is 5.75. The van der Waals surface area contributed by atoms with E-state index in [2.05, 4.69) is 10.2 Å². The van der Waals surface area contributed by atoms with Gasteiger partial charge in [0.25, 0.3) is 0 Å². The van der Waals surface area contributed by atoms with Gasteiger partial charge >= 0.3 is 5.97 Å². The van der Waals surface area contributed by atoms with E-state index >= 15 is 0 Å². The molecule has 1 N–H and O–H groups in total. The van der Waals surface area contributed by atoms with Crippen LogP contribution in [0.5, 0.6) is 0 Å². The van der Waals surface area contributed by atoms with Crippen LogP contribution in [-0.4, -0.2) is 37.6 Å². The Kier molecular flexibility index (Phi) is 5.81. The number of amides is 1. The quantitative estimate of drug-likeness (QED) is 0.848. The molecular formula is C17H24N2O3. The van der Waals surface area contributed by atoms with Crippen molar-refractivity contribution >= 4 is 17.6 Å². The SMILES string of the molecule is CC(=O)NC[C@H](C)OC(=O)c1ccc(N2CCCCC2)cc1. The van der Waals surface area contributed by atoms with Gasteiger partial charge in [0.15, 0.2) is 0 Å². The van der Waals surface area contributed by atoms with Crippen molar-refractivity contribution < 1.29 is 14.3 Å². The summed E-state index contributed by atoms with van der Waals surface area (Å²) in [4.78, 5) is 25.2. The molecule has 1 atom stereocenters. The summed E-state index contributed by atoms with van der Waals surface area (Å²) in [7, 11) is 0. The fourth-order valence-corrected chi connectivity index (χ4v) is 2.54. The normalized spacial score (nSPS) is 16.0. The van der Waals surface area contributed by atoms with Crippen molar-refractivity contribution in [1.29, 1.82) is 0 Å². The minimum absolute atomic E-state index is 0.131. The third kappa shape index (κ3) is 4.76. The monoisotopic (exact) mass is 304 g/mol. The predicted octanol–water partition coefficient (Wildman–Crippen LogP) is 2.36. The second-order valence-electron chi connectivity index (χ2n) is 5.75. The molecule has 1 amide bonds. The van der Waals surface area contributed by atoms with Crippen LogP contribution >= 0.6 is 0 Å². The molecule has 0 aliphatic carbocycles. The molecule has 22 heavy (non-hydrogen) atoms.